The molecule has 2 aromatic carbocycles. The molecule has 4 rings (SSSR count). The average Bonchev–Trinajstić information content (AvgIpc) is 3.09. The first kappa shape index (κ1) is 16.1. The van der Waals surface area contributed by atoms with Gasteiger partial charge in [0.15, 0.2) is 11.5 Å². The van der Waals surface area contributed by atoms with Crippen LogP contribution in [0.1, 0.15) is 6.42 Å². The van der Waals surface area contributed by atoms with Gasteiger partial charge in [-0.3, -0.25) is 14.2 Å². The molecule has 1 amide bonds. The largest absolute Gasteiger partial charge is 0.454 e. The third kappa shape index (κ3) is 3.08. The van der Waals surface area contributed by atoms with Crippen LogP contribution in [-0.2, 0) is 11.3 Å². The summed E-state index contributed by atoms with van der Waals surface area (Å²) in [7, 11) is 0. The van der Waals surface area contributed by atoms with Gasteiger partial charge in [-0.2, -0.15) is 0 Å². The van der Waals surface area contributed by atoms with E-state index in [9.17, 15) is 14.0 Å². The molecular formula is C18H14FN3O4. The van der Waals surface area contributed by atoms with Crippen LogP contribution in [0.4, 0.5) is 10.1 Å². The van der Waals surface area contributed by atoms with Crippen LogP contribution in [0.2, 0.25) is 0 Å². The van der Waals surface area contributed by atoms with E-state index >= 15 is 0 Å². The minimum atomic E-state index is -0.453. The quantitative estimate of drug-likeness (QED) is 0.776. The summed E-state index contributed by atoms with van der Waals surface area (Å²) in [4.78, 5) is 28.6. The first-order chi connectivity index (χ1) is 12.6. The Morgan fingerprint density at radius 2 is 2.04 bits per heavy atom. The molecule has 0 bridgehead atoms. The fourth-order valence-corrected chi connectivity index (χ4v) is 2.71. The minimum absolute atomic E-state index is 0.0860. The predicted molar refractivity (Wildman–Crippen MR) is 91.8 cm³/mol. The van der Waals surface area contributed by atoms with E-state index in [-0.39, 0.29) is 36.7 Å². The lowest BCUT2D eigenvalue weighted by Gasteiger charge is -2.08. The van der Waals surface area contributed by atoms with E-state index in [4.69, 9.17) is 9.47 Å². The number of halogens is 1. The van der Waals surface area contributed by atoms with Crippen LogP contribution in [0.15, 0.2) is 47.5 Å². The molecule has 0 atom stereocenters. The highest BCUT2D eigenvalue weighted by Crippen LogP contribution is 2.34. The number of benzene rings is 2. The molecule has 1 N–H and O–H groups in total. The molecule has 7 nitrogen and oxygen atoms in total. The maximum absolute atomic E-state index is 13.2. The molecule has 2 heterocycles. The van der Waals surface area contributed by atoms with Gasteiger partial charge in [0.25, 0.3) is 5.56 Å². The molecule has 1 aliphatic heterocycles. The molecule has 0 saturated carbocycles. The molecule has 8 heteroatoms. The van der Waals surface area contributed by atoms with E-state index in [2.05, 4.69) is 10.3 Å². The summed E-state index contributed by atoms with van der Waals surface area (Å²) in [5.74, 6) is 0.499. The second-order valence-corrected chi connectivity index (χ2v) is 5.77. The highest BCUT2D eigenvalue weighted by Gasteiger charge is 2.14. The Balaban J connectivity index is 1.44. The van der Waals surface area contributed by atoms with Gasteiger partial charge in [-0.15, -0.1) is 0 Å². The molecule has 0 saturated heterocycles. The normalized spacial score (nSPS) is 12.3. The van der Waals surface area contributed by atoms with Gasteiger partial charge in [-0.05, 0) is 24.3 Å². The smallest absolute Gasteiger partial charge is 0.261 e. The summed E-state index contributed by atoms with van der Waals surface area (Å²) in [6.45, 7) is 0.323. The fourth-order valence-electron chi connectivity index (χ4n) is 2.71. The standard InChI is InChI=1S/C18H14FN3O4/c19-11-1-3-13-14(7-11)20-9-22(18(13)24)6-5-17(23)21-12-2-4-15-16(8-12)26-10-25-15/h1-4,7-9H,5-6,10H2,(H,21,23). The number of ether oxygens (including phenoxy) is 2. The minimum Gasteiger partial charge on any atom is -0.454 e. The van der Waals surface area contributed by atoms with Gasteiger partial charge >= 0.3 is 0 Å². The molecule has 132 valence electrons. The highest BCUT2D eigenvalue weighted by molar-refractivity contribution is 5.91. The summed E-state index contributed by atoms with van der Waals surface area (Å²) >= 11 is 0. The zero-order valence-corrected chi connectivity index (χ0v) is 13.6. The number of nitrogens with zero attached hydrogens (tertiary/aromatic N) is 2. The van der Waals surface area contributed by atoms with Crippen molar-refractivity contribution in [1.29, 1.82) is 0 Å². The molecule has 26 heavy (non-hydrogen) atoms. The Morgan fingerprint density at radius 1 is 1.19 bits per heavy atom. The van der Waals surface area contributed by atoms with E-state index in [1.165, 1.54) is 29.1 Å². The second kappa shape index (κ2) is 6.47. The summed E-state index contributed by atoms with van der Waals surface area (Å²) in [5.41, 5.74) is 0.556. The number of aryl methyl sites for hydroxylation is 1. The van der Waals surface area contributed by atoms with E-state index in [0.29, 0.717) is 22.6 Å². The molecule has 0 spiro atoms. The van der Waals surface area contributed by atoms with Crippen LogP contribution in [0.5, 0.6) is 11.5 Å². The zero-order valence-electron chi connectivity index (χ0n) is 13.6. The Labute approximate surface area is 147 Å². The van der Waals surface area contributed by atoms with Gasteiger partial charge in [0.1, 0.15) is 5.82 Å². The van der Waals surface area contributed by atoms with Crippen molar-refractivity contribution in [2.75, 3.05) is 12.1 Å². The van der Waals surface area contributed by atoms with Crippen molar-refractivity contribution in [1.82, 2.24) is 9.55 Å². The van der Waals surface area contributed by atoms with Crippen molar-refractivity contribution >= 4 is 22.5 Å². The third-order valence-corrected chi connectivity index (χ3v) is 4.02. The predicted octanol–water partition coefficient (Wildman–Crippen LogP) is 2.29. The van der Waals surface area contributed by atoms with Gasteiger partial charge in [-0.1, -0.05) is 0 Å². The zero-order chi connectivity index (χ0) is 18.1. The lowest BCUT2D eigenvalue weighted by molar-refractivity contribution is -0.116. The number of aromatic nitrogens is 2. The monoisotopic (exact) mass is 355 g/mol. The summed E-state index contributed by atoms with van der Waals surface area (Å²) in [6.07, 6.45) is 1.40. The molecule has 1 aliphatic rings. The summed E-state index contributed by atoms with van der Waals surface area (Å²) < 4.78 is 25.0. The van der Waals surface area contributed by atoms with Gasteiger partial charge in [0.05, 0.1) is 17.2 Å². The van der Waals surface area contributed by atoms with Crippen LogP contribution < -0.4 is 20.3 Å². The SMILES string of the molecule is O=C(CCn1cnc2cc(F)ccc2c1=O)Nc1ccc2c(c1)OCO2. The molecule has 0 radical (unpaired) electrons. The van der Waals surface area contributed by atoms with Crippen LogP contribution in [-0.4, -0.2) is 22.3 Å². The number of nitrogens with one attached hydrogen (secondary N) is 1. The Hall–Kier alpha value is -3.42. The topological polar surface area (TPSA) is 82.5 Å². The number of carbonyl (C=O) groups is 1. The second-order valence-electron chi connectivity index (χ2n) is 5.77. The lowest BCUT2D eigenvalue weighted by atomic mass is 10.2. The Morgan fingerprint density at radius 3 is 2.92 bits per heavy atom. The summed E-state index contributed by atoms with van der Waals surface area (Å²) in [5, 5.41) is 3.06. The Kier molecular flexibility index (Phi) is 4.00. The molecule has 3 aromatic rings. The van der Waals surface area contributed by atoms with Crippen LogP contribution in [0, 0.1) is 5.82 Å². The van der Waals surface area contributed by atoms with Crippen LogP contribution >= 0.6 is 0 Å². The lowest BCUT2D eigenvalue weighted by Crippen LogP contribution is -2.23. The van der Waals surface area contributed by atoms with E-state index in [1.54, 1.807) is 18.2 Å². The van der Waals surface area contributed by atoms with Gasteiger partial charge < -0.3 is 14.8 Å². The molecule has 1 aromatic heterocycles. The molecule has 0 aliphatic carbocycles. The molecular weight excluding hydrogens is 341 g/mol. The van der Waals surface area contributed by atoms with Crippen molar-refractivity contribution in [3.8, 4) is 11.5 Å². The average molecular weight is 355 g/mol. The highest BCUT2D eigenvalue weighted by atomic mass is 19.1. The Bertz CT molecular complexity index is 1060. The third-order valence-electron chi connectivity index (χ3n) is 4.02. The van der Waals surface area contributed by atoms with Crippen molar-refractivity contribution in [2.24, 2.45) is 0 Å². The number of fused-ring (bicyclic) bond motifs is 2. The van der Waals surface area contributed by atoms with Crippen molar-refractivity contribution in [3.63, 3.8) is 0 Å². The van der Waals surface area contributed by atoms with Gasteiger partial charge in [-0.25, -0.2) is 9.37 Å². The fraction of sp³-hybridized carbons (Fsp3) is 0.167. The number of rotatable bonds is 4. The number of anilines is 1. The van der Waals surface area contributed by atoms with Crippen molar-refractivity contribution in [3.05, 3.63) is 58.9 Å². The molecule has 0 unspecified atom stereocenters. The number of hydrogen-bond donors (Lipinski definition) is 1. The van der Waals surface area contributed by atoms with Crippen LogP contribution in [0.3, 0.4) is 0 Å². The van der Waals surface area contributed by atoms with E-state index in [1.807, 2.05) is 0 Å². The van der Waals surface area contributed by atoms with E-state index in [0.717, 1.165) is 0 Å². The van der Waals surface area contributed by atoms with E-state index < -0.39 is 5.82 Å². The van der Waals surface area contributed by atoms with Gasteiger partial charge in [0.2, 0.25) is 12.7 Å². The molecule has 0 fully saturated rings. The van der Waals surface area contributed by atoms with Crippen molar-refractivity contribution < 1.29 is 18.7 Å². The number of carbonyl (C=O) groups excluding carboxylic acids is 1. The first-order valence-corrected chi connectivity index (χ1v) is 7.94. The van der Waals surface area contributed by atoms with Crippen molar-refractivity contribution in [2.45, 2.75) is 13.0 Å². The van der Waals surface area contributed by atoms with Gasteiger partial charge in [0, 0.05) is 30.8 Å². The first-order valence-electron chi connectivity index (χ1n) is 7.94. The maximum Gasteiger partial charge on any atom is 0.261 e. The number of hydrogen-bond acceptors (Lipinski definition) is 5. The van der Waals surface area contributed by atoms with Crippen LogP contribution in [0.25, 0.3) is 10.9 Å². The maximum atomic E-state index is 13.2. The summed E-state index contributed by atoms with van der Waals surface area (Å²) in [6, 6.07) is 8.91. The number of amides is 1.